The van der Waals surface area contributed by atoms with E-state index in [1.807, 2.05) is 13.8 Å². The summed E-state index contributed by atoms with van der Waals surface area (Å²) < 4.78 is 1.42. The second kappa shape index (κ2) is 6.77. The molecule has 0 aliphatic carbocycles. The second-order valence-corrected chi connectivity index (χ2v) is 4.87. The average molecular weight is 267 g/mol. The number of nitrogens with zero attached hydrogens (tertiary/aromatic N) is 2. The molecule has 1 unspecified atom stereocenters. The Labute approximate surface area is 112 Å². The van der Waals surface area contributed by atoms with E-state index in [2.05, 4.69) is 15.7 Å². The van der Waals surface area contributed by atoms with Gasteiger partial charge in [0.2, 0.25) is 11.8 Å². The fourth-order valence-corrected chi connectivity index (χ4v) is 1.42. The number of carbonyl (C=O) groups excluding carboxylic acids is 2. The summed E-state index contributed by atoms with van der Waals surface area (Å²) in [6, 6.07) is 1.03. The Morgan fingerprint density at radius 1 is 1.42 bits per heavy atom. The maximum Gasteiger partial charge on any atom is 0.242 e. The first-order chi connectivity index (χ1) is 8.88. The van der Waals surface area contributed by atoms with Crippen molar-refractivity contribution in [1.82, 2.24) is 20.4 Å². The molecule has 4 N–H and O–H groups in total. The molecule has 1 atom stereocenters. The van der Waals surface area contributed by atoms with Crippen LogP contribution < -0.4 is 16.4 Å². The van der Waals surface area contributed by atoms with Crippen LogP contribution in [-0.2, 0) is 16.1 Å². The molecule has 19 heavy (non-hydrogen) atoms. The number of aromatic nitrogens is 2. The number of anilines is 1. The van der Waals surface area contributed by atoms with Crippen LogP contribution in [0.25, 0.3) is 0 Å². The minimum Gasteiger partial charge on any atom is -0.382 e. The molecule has 1 aromatic heterocycles. The van der Waals surface area contributed by atoms with E-state index in [0.29, 0.717) is 18.3 Å². The Balaban J connectivity index is 2.37. The number of nitrogen functional groups attached to an aromatic ring is 1. The van der Waals surface area contributed by atoms with Gasteiger partial charge in [-0.05, 0) is 18.9 Å². The second-order valence-electron chi connectivity index (χ2n) is 4.87. The summed E-state index contributed by atoms with van der Waals surface area (Å²) in [5.41, 5.74) is 5.44. The van der Waals surface area contributed by atoms with Crippen molar-refractivity contribution in [2.45, 2.75) is 33.4 Å². The lowest BCUT2D eigenvalue weighted by Crippen LogP contribution is -2.46. The molecule has 0 aliphatic heterocycles. The van der Waals surface area contributed by atoms with Gasteiger partial charge in [-0.2, -0.15) is 5.10 Å². The Bertz CT molecular complexity index is 441. The van der Waals surface area contributed by atoms with Crippen molar-refractivity contribution in [3.8, 4) is 0 Å². The third-order valence-corrected chi connectivity index (χ3v) is 2.42. The molecular formula is C12H21N5O2. The Hall–Kier alpha value is -2.05. The molecule has 106 valence electrons. The van der Waals surface area contributed by atoms with Gasteiger partial charge in [0, 0.05) is 12.7 Å². The van der Waals surface area contributed by atoms with Crippen LogP contribution in [0.2, 0.25) is 0 Å². The van der Waals surface area contributed by atoms with Crippen LogP contribution in [0.1, 0.15) is 20.8 Å². The summed E-state index contributed by atoms with van der Waals surface area (Å²) in [6.45, 7) is 6.29. The zero-order valence-electron chi connectivity index (χ0n) is 11.5. The van der Waals surface area contributed by atoms with E-state index >= 15 is 0 Å². The van der Waals surface area contributed by atoms with Gasteiger partial charge in [-0.15, -0.1) is 0 Å². The predicted molar refractivity (Wildman–Crippen MR) is 72.1 cm³/mol. The van der Waals surface area contributed by atoms with E-state index < -0.39 is 6.04 Å². The molecule has 2 amide bonds. The minimum atomic E-state index is -0.570. The summed E-state index contributed by atoms with van der Waals surface area (Å²) >= 11 is 0. The molecule has 7 nitrogen and oxygen atoms in total. The quantitative estimate of drug-likeness (QED) is 0.661. The lowest BCUT2D eigenvalue weighted by Gasteiger charge is -2.15. The SMILES string of the molecule is CC(C)CNC(=O)C(C)NC(=O)Cn1ccc(N)n1. The fourth-order valence-electron chi connectivity index (χ4n) is 1.42. The molecule has 1 heterocycles. The van der Waals surface area contributed by atoms with Crippen molar-refractivity contribution in [2.75, 3.05) is 12.3 Å². The molecule has 0 spiro atoms. The number of rotatable bonds is 6. The molecule has 0 aliphatic rings. The largest absolute Gasteiger partial charge is 0.382 e. The minimum absolute atomic E-state index is 0.0407. The van der Waals surface area contributed by atoms with E-state index in [1.165, 1.54) is 4.68 Å². The van der Waals surface area contributed by atoms with Crippen LogP contribution in [0, 0.1) is 5.92 Å². The first-order valence-electron chi connectivity index (χ1n) is 6.24. The summed E-state index contributed by atoms with van der Waals surface area (Å²) in [5, 5.41) is 9.26. The van der Waals surface area contributed by atoms with Crippen LogP contribution in [0.5, 0.6) is 0 Å². The first-order valence-corrected chi connectivity index (χ1v) is 6.24. The van der Waals surface area contributed by atoms with Crippen LogP contribution in [-0.4, -0.2) is 34.2 Å². The van der Waals surface area contributed by atoms with Crippen LogP contribution in [0.4, 0.5) is 5.82 Å². The van der Waals surface area contributed by atoms with Gasteiger partial charge < -0.3 is 16.4 Å². The molecule has 1 aromatic rings. The van der Waals surface area contributed by atoms with Gasteiger partial charge in [0.1, 0.15) is 18.4 Å². The van der Waals surface area contributed by atoms with Gasteiger partial charge in [0.25, 0.3) is 0 Å². The highest BCUT2D eigenvalue weighted by Gasteiger charge is 2.15. The highest BCUT2D eigenvalue weighted by atomic mass is 16.2. The van der Waals surface area contributed by atoms with Crippen molar-refractivity contribution in [1.29, 1.82) is 0 Å². The van der Waals surface area contributed by atoms with E-state index in [9.17, 15) is 9.59 Å². The van der Waals surface area contributed by atoms with Gasteiger partial charge in [-0.25, -0.2) is 0 Å². The monoisotopic (exact) mass is 267 g/mol. The molecule has 0 bridgehead atoms. The standard InChI is InChI=1S/C12H21N5O2/c1-8(2)6-14-12(19)9(3)15-11(18)7-17-5-4-10(13)16-17/h4-5,8-9H,6-7H2,1-3H3,(H2,13,16)(H,14,19)(H,15,18). The fraction of sp³-hybridized carbons (Fsp3) is 0.583. The number of hydrogen-bond acceptors (Lipinski definition) is 4. The maximum absolute atomic E-state index is 11.7. The molecule has 0 fully saturated rings. The van der Waals surface area contributed by atoms with E-state index in [4.69, 9.17) is 5.73 Å². The number of nitrogens with one attached hydrogen (secondary N) is 2. The van der Waals surface area contributed by atoms with Crippen LogP contribution >= 0.6 is 0 Å². The number of hydrogen-bond donors (Lipinski definition) is 3. The van der Waals surface area contributed by atoms with Gasteiger partial charge in [-0.3, -0.25) is 14.3 Å². The lowest BCUT2D eigenvalue weighted by molar-refractivity contribution is -0.129. The normalized spacial score (nSPS) is 12.2. The molecule has 0 aromatic carbocycles. The summed E-state index contributed by atoms with van der Waals surface area (Å²) in [6.07, 6.45) is 1.61. The van der Waals surface area contributed by atoms with E-state index in [-0.39, 0.29) is 18.4 Å². The summed E-state index contributed by atoms with van der Waals surface area (Å²) in [4.78, 5) is 23.4. The molecular weight excluding hydrogens is 246 g/mol. The van der Waals surface area contributed by atoms with Crippen molar-refractivity contribution in [2.24, 2.45) is 5.92 Å². The lowest BCUT2D eigenvalue weighted by atomic mass is 10.2. The van der Waals surface area contributed by atoms with Crippen molar-refractivity contribution < 1.29 is 9.59 Å². The van der Waals surface area contributed by atoms with Gasteiger partial charge in [-0.1, -0.05) is 13.8 Å². The van der Waals surface area contributed by atoms with Gasteiger partial charge in [0.15, 0.2) is 0 Å². The number of carbonyl (C=O) groups is 2. The number of nitrogens with two attached hydrogens (primary N) is 1. The molecule has 1 rings (SSSR count). The highest BCUT2D eigenvalue weighted by molar-refractivity contribution is 5.87. The predicted octanol–water partition coefficient (Wildman–Crippen LogP) is -0.258. The number of amides is 2. The van der Waals surface area contributed by atoms with Crippen molar-refractivity contribution in [3.05, 3.63) is 12.3 Å². The van der Waals surface area contributed by atoms with Crippen LogP contribution in [0.15, 0.2) is 12.3 Å². The van der Waals surface area contributed by atoms with Gasteiger partial charge >= 0.3 is 0 Å². The van der Waals surface area contributed by atoms with E-state index in [0.717, 1.165) is 0 Å². The average Bonchev–Trinajstić information content (AvgIpc) is 2.71. The third-order valence-electron chi connectivity index (χ3n) is 2.42. The Morgan fingerprint density at radius 2 is 2.11 bits per heavy atom. The summed E-state index contributed by atoms with van der Waals surface area (Å²) in [7, 11) is 0. The van der Waals surface area contributed by atoms with Gasteiger partial charge in [0.05, 0.1) is 0 Å². The zero-order valence-corrected chi connectivity index (χ0v) is 11.5. The Morgan fingerprint density at radius 3 is 2.63 bits per heavy atom. The van der Waals surface area contributed by atoms with Crippen LogP contribution in [0.3, 0.4) is 0 Å². The Kier molecular flexibility index (Phi) is 5.35. The molecule has 0 saturated carbocycles. The van der Waals surface area contributed by atoms with Crippen molar-refractivity contribution in [3.63, 3.8) is 0 Å². The molecule has 0 radical (unpaired) electrons. The highest BCUT2D eigenvalue weighted by Crippen LogP contribution is 1.95. The zero-order chi connectivity index (χ0) is 14.4. The smallest absolute Gasteiger partial charge is 0.242 e. The topological polar surface area (TPSA) is 102 Å². The third kappa shape index (κ3) is 5.41. The maximum atomic E-state index is 11.7. The first kappa shape index (κ1) is 15.0. The molecule has 0 saturated heterocycles. The summed E-state index contributed by atoms with van der Waals surface area (Å²) in [5.74, 6) is 0.256. The van der Waals surface area contributed by atoms with Crippen molar-refractivity contribution >= 4 is 17.6 Å². The molecule has 7 heteroatoms. The van der Waals surface area contributed by atoms with E-state index in [1.54, 1.807) is 19.2 Å².